The Balaban J connectivity index is 0.000000941. The highest BCUT2D eigenvalue weighted by molar-refractivity contribution is 5.83. The molecule has 0 aliphatic carbocycles. The fourth-order valence-corrected chi connectivity index (χ4v) is 2.66. The van der Waals surface area contributed by atoms with E-state index in [1.165, 1.54) is 12.6 Å². The van der Waals surface area contributed by atoms with Crippen LogP contribution in [0, 0.1) is 0 Å². The first-order chi connectivity index (χ1) is 18.9. The highest BCUT2D eigenvalue weighted by Crippen LogP contribution is 2.20. The van der Waals surface area contributed by atoms with Gasteiger partial charge in [0.05, 0.1) is 11.9 Å². The van der Waals surface area contributed by atoms with Crippen LogP contribution in [-0.2, 0) is 20.8 Å². The first kappa shape index (κ1) is 36.1. The number of carbonyl (C=O) groups is 3. The molecule has 8 N–H and O–H groups in total. The number of nitrogens with one attached hydrogen (secondary N) is 1. The number of hydrogen-bond donors (Lipinski definition) is 6. The summed E-state index contributed by atoms with van der Waals surface area (Å²) in [4.78, 5) is 35.3. The molecule has 41 heavy (non-hydrogen) atoms. The zero-order valence-corrected chi connectivity index (χ0v) is 21.1. The molecule has 226 valence electrons. The van der Waals surface area contributed by atoms with Crippen LogP contribution in [0.3, 0.4) is 0 Å². The lowest BCUT2D eigenvalue weighted by Gasteiger charge is -2.29. The fourth-order valence-electron chi connectivity index (χ4n) is 2.66. The van der Waals surface area contributed by atoms with Crippen molar-refractivity contribution < 1.29 is 56.0 Å². The minimum Gasteiger partial charge on any atom is -0.480 e. The van der Waals surface area contributed by atoms with E-state index in [1.807, 2.05) is 53.4 Å². The minimum absolute atomic E-state index is 0.545. The second kappa shape index (κ2) is 17.0. The number of hydrazone groups is 1. The lowest BCUT2D eigenvalue weighted by molar-refractivity contribution is -0.193. The summed E-state index contributed by atoms with van der Waals surface area (Å²) in [6, 6.07) is 14.5. The Hall–Kier alpha value is -4.87. The Morgan fingerprint density at radius 2 is 1.49 bits per heavy atom. The van der Waals surface area contributed by atoms with E-state index >= 15 is 0 Å². The van der Waals surface area contributed by atoms with Crippen LogP contribution in [0.15, 0.2) is 58.6 Å². The Labute approximate surface area is 228 Å². The van der Waals surface area contributed by atoms with Crippen molar-refractivity contribution in [3.8, 4) is 0 Å². The topological polar surface area (TPSA) is 204 Å². The van der Waals surface area contributed by atoms with Crippen LogP contribution in [-0.4, -0.2) is 70.7 Å². The van der Waals surface area contributed by atoms with Crippen molar-refractivity contribution in [2.45, 2.75) is 31.7 Å². The molecule has 2 rings (SSSR count). The van der Waals surface area contributed by atoms with Crippen molar-refractivity contribution in [3.63, 3.8) is 0 Å². The maximum atomic E-state index is 11.6. The van der Waals surface area contributed by atoms with Crippen LogP contribution in [0.2, 0.25) is 0 Å². The van der Waals surface area contributed by atoms with Crippen LogP contribution in [0.25, 0.3) is 0 Å². The predicted molar refractivity (Wildman–Crippen MR) is 136 cm³/mol. The highest BCUT2D eigenvalue weighted by Gasteiger charge is 2.38. The molecule has 0 bridgehead atoms. The number of hydrazine groups is 1. The number of rotatable bonds is 9. The van der Waals surface area contributed by atoms with E-state index in [0.29, 0.717) is 13.0 Å². The molecule has 2 aromatic carbocycles. The molecular formula is C23H26F6N6O6. The predicted octanol–water partition coefficient (Wildman–Crippen LogP) is 2.89. The van der Waals surface area contributed by atoms with E-state index in [2.05, 4.69) is 15.5 Å². The normalized spacial score (nSPS) is 12.0. The molecular weight excluding hydrogens is 570 g/mol. The Morgan fingerprint density at radius 3 is 1.90 bits per heavy atom. The standard InChI is InChI=1S/C19H24N6O2.2C2HF3O2/c1-14(19(26)27)25(18-4-2-3-16(11-18)12-23-20)10-9-15-5-7-17(8-6-15)22-13-24-21;2*3-2(4,5)1(6)7/h2-8,11-14H,9-10,20-21H2,1H3,(H,22,24)(H,26,27);2*(H,6,7). The molecule has 1 atom stereocenters. The van der Waals surface area contributed by atoms with Gasteiger partial charge < -0.3 is 31.5 Å². The lowest BCUT2D eigenvalue weighted by Crippen LogP contribution is -2.40. The van der Waals surface area contributed by atoms with Crippen LogP contribution < -0.4 is 22.0 Å². The second-order valence-electron chi connectivity index (χ2n) is 7.53. The molecule has 0 saturated carbocycles. The summed E-state index contributed by atoms with van der Waals surface area (Å²) in [7, 11) is 0. The fraction of sp³-hybridized carbons (Fsp3) is 0.261. The van der Waals surface area contributed by atoms with Crippen molar-refractivity contribution in [3.05, 3.63) is 59.7 Å². The van der Waals surface area contributed by atoms with Crippen molar-refractivity contribution in [1.29, 1.82) is 0 Å². The van der Waals surface area contributed by atoms with Gasteiger partial charge in [-0.1, -0.05) is 24.3 Å². The van der Waals surface area contributed by atoms with Crippen molar-refractivity contribution in [2.24, 2.45) is 21.8 Å². The van der Waals surface area contributed by atoms with E-state index < -0.39 is 36.3 Å². The quantitative estimate of drug-likeness (QED) is 0.0821. The number of alkyl halides is 6. The number of anilines is 1. The third kappa shape index (κ3) is 14.7. The average molecular weight is 596 g/mol. The molecule has 0 saturated heterocycles. The summed E-state index contributed by atoms with van der Waals surface area (Å²) < 4.78 is 63.5. The van der Waals surface area contributed by atoms with E-state index in [9.17, 15) is 36.2 Å². The summed E-state index contributed by atoms with van der Waals surface area (Å²) in [6.07, 6.45) is -6.54. The van der Waals surface area contributed by atoms with Crippen LogP contribution in [0.1, 0.15) is 18.1 Å². The van der Waals surface area contributed by atoms with E-state index in [-0.39, 0.29) is 0 Å². The maximum absolute atomic E-state index is 11.6. The monoisotopic (exact) mass is 596 g/mol. The zero-order valence-electron chi connectivity index (χ0n) is 21.1. The Morgan fingerprint density at radius 1 is 0.976 bits per heavy atom. The lowest BCUT2D eigenvalue weighted by atomic mass is 10.1. The average Bonchev–Trinajstić information content (AvgIpc) is 2.88. The summed E-state index contributed by atoms with van der Waals surface area (Å²) in [5.41, 5.74) is 5.83. The van der Waals surface area contributed by atoms with Crippen molar-refractivity contribution in [1.82, 2.24) is 5.43 Å². The first-order valence-electron chi connectivity index (χ1n) is 10.9. The molecule has 0 radical (unpaired) electrons. The van der Waals surface area contributed by atoms with Gasteiger partial charge in [0.2, 0.25) is 0 Å². The molecule has 0 aliphatic heterocycles. The number of halogens is 6. The van der Waals surface area contributed by atoms with E-state index in [4.69, 9.17) is 31.5 Å². The van der Waals surface area contributed by atoms with Gasteiger partial charge in [-0.3, -0.25) is 0 Å². The van der Waals surface area contributed by atoms with Gasteiger partial charge >= 0.3 is 30.3 Å². The van der Waals surface area contributed by atoms with Gasteiger partial charge in [-0.2, -0.15) is 31.4 Å². The van der Waals surface area contributed by atoms with Gasteiger partial charge in [-0.25, -0.2) is 25.2 Å². The number of nitrogens with two attached hydrogens (primary N) is 2. The van der Waals surface area contributed by atoms with Gasteiger partial charge in [0.1, 0.15) is 12.4 Å². The smallest absolute Gasteiger partial charge is 0.480 e. The van der Waals surface area contributed by atoms with E-state index in [0.717, 1.165) is 22.5 Å². The van der Waals surface area contributed by atoms with Gasteiger partial charge in [0.15, 0.2) is 0 Å². The number of hydrogen-bond acceptors (Lipinski definition) is 8. The highest BCUT2D eigenvalue weighted by atomic mass is 19.4. The number of aliphatic carboxylic acids is 3. The molecule has 1 unspecified atom stereocenters. The zero-order chi connectivity index (χ0) is 31.8. The van der Waals surface area contributed by atoms with E-state index in [1.54, 1.807) is 6.92 Å². The molecule has 0 aromatic heterocycles. The second-order valence-corrected chi connectivity index (χ2v) is 7.53. The van der Waals surface area contributed by atoms with Crippen LogP contribution >= 0.6 is 0 Å². The molecule has 0 aliphatic rings. The molecule has 12 nitrogen and oxygen atoms in total. The molecule has 18 heteroatoms. The molecule has 0 amide bonds. The number of carboxylic acid groups (broad SMARTS) is 3. The van der Waals surface area contributed by atoms with Gasteiger partial charge in [0.25, 0.3) is 0 Å². The number of aliphatic imine (C=N–C) groups is 1. The molecule has 2 aromatic rings. The maximum Gasteiger partial charge on any atom is 0.490 e. The number of benzene rings is 2. The third-order valence-electron chi connectivity index (χ3n) is 4.60. The first-order valence-corrected chi connectivity index (χ1v) is 10.9. The van der Waals surface area contributed by atoms with Gasteiger partial charge in [-0.15, -0.1) is 0 Å². The van der Waals surface area contributed by atoms with Gasteiger partial charge in [-0.05, 0) is 48.7 Å². The summed E-state index contributed by atoms with van der Waals surface area (Å²) >= 11 is 0. The largest absolute Gasteiger partial charge is 0.490 e. The van der Waals surface area contributed by atoms with Crippen LogP contribution in [0.4, 0.5) is 37.7 Å². The molecule has 0 heterocycles. The summed E-state index contributed by atoms with van der Waals surface area (Å²) in [6.45, 7) is 2.22. The number of carboxylic acids is 3. The summed E-state index contributed by atoms with van der Waals surface area (Å²) in [5.74, 6) is 3.97. The third-order valence-corrected chi connectivity index (χ3v) is 4.60. The van der Waals surface area contributed by atoms with Crippen molar-refractivity contribution >= 4 is 41.8 Å². The van der Waals surface area contributed by atoms with Crippen LogP contribution in [0.5, 0.6) is 0 Å². The Bertz CT molecular complexity index is 1160. The van der Waals surface area contributed by atoms with Gasteiger partial charge in [0, 0.05) is 12.2 Å². The Kier molecular flexibility index (Phi) is 14.9. The number of nitrogens with zero attached hydrogens (tertiary/aromatic N) is 3. The van der Waals surface area contributed by atoms with Crippen molar-refractivity contribution in [2.75, 3.05) is 11.4 Å². The molecule has 0 spiro atoms. The summed E-state index contributed by atoms with van der Waals surface area (Å²) in [5, 5.41) is 27.3. The SMILES string of the molecule is CC(C(=O)O)N(CCc1ccc(N=CNN)cc1)c1cccc(C=NN)c1.O=C(O)C(F)(F)F.O=C(O)C(F)(F)F. The molecule has 0 fully saturated rings. The minimum atomic E-state index is -5.08.